The Morgan fingerprint density at radius 1 is 1.33 bits per heavy atom. The lowest BCUT2D eigenvalue weighted by atomic mass is 10.2. The van der Waals surface area contributed by atoms with Crippen molar-refractivity contribution in [3.8, 4) is 0 Å². The van der Waals surface area contributed by atoms with Gasteiger partial charge in [0.2, 0.25) is 5.91 Å². The summed E-state index contributed by atoms with van der Waals surface area (Å²) in [7, 11) is 1.69. The maximum Gasteiger partial charge on any atom is 0.239 e. The first-order valence-corrected chi connectivity index (χ1v) is 6.77. The van der Waals surface area contributed by atoms with Crippen molar-refractivity contribution >= 4 is 5.91 Å². The van der Waals surface area contributed by atoms with E-state index in [1.807, 2.05) is 0 Å². The lowest BCUT2D eigenvalue weighted by Crippen LogP contribution is -2.55. The van der Waals surface area contributed by atoms with Gasteiger partial charge in [0.1, 0.15) is 6.04 Å². The standard InChI is InChI=1S/C12H24N4O2/c1-13-12(17)11-10-18-9-8-16(11)7-6-15-4-2-14-3-5-15/h11,14H,2-10H2,1H3,(H,13,17). The molecule has 0 saturated carbocycles. The van der Waals surface area contributed by atoms with Crippen molar-refractivity contribution in [1.29, 1.82) is 0 Å². The smallest absolute Gasteiger partial charge is 0.239 e. The molecule has 6 nitrogen and oxygen atoms in total. The highest BCUT2D eigenvalue weighted by Crippen LogP contribution is 2.07. The molecule has 0 spiro atoms. The summed E-state index contributed by atoms with van der Waals surface area (Å²) < 4.78 is 5.40. The van der Waals surface area contributed by atoms with Gasteiger partial charge in [0.15, 0.2) is 0 Å². The van der Waals surface area contributed by atoms with Crippen LogP contribution in [0.15, 0.2) is 0 Å². The molecule has 0 aromatic rings. The predicted octanol–water partition coefficient (Wildman–Crippen LogP) is -1.66. The van der Waals surface area contributed by atoms with Gasteiger partial charge in [-0.15, -0.1) is 0 Å². The minimum absolute atomic E-state index is 0.0648. The van der Waals surface area contributed by atoms with Gasteiger partial charge < -0.3 is 15.4 Å². The Morgan fingerprint density at radius 2 is 2.11 bits per heavy atom. The van der Waals surface area contributed by atoms with Gasteiger partial charge in [-0.3, -0.25) is 14.6 Å². The predicted molar refractivity (Wildman–Crippen MR) is 69.6 cm³/mol. The lowest BCUT2D eigenvalue weighted by molar-refractivity contribution is -0.132. The molecular formula is C12H24N4O2. The topological polar surface area (TPSA) is 56.8 Å². The monoisotopic (exact) mass is 256 g/mol. The van der Waals surface area contributed by atoms with Crippen LogP contribution in [0.3, 0.4) is 0 Å². The molecular weight excluding hydrogens is 232 g/mol. The summed E-state index contributed by atoms with van der Waals surface area (Å²) in [6.07, 6.45) is 0. The molecule has 1 atom stereocenters. The number of ether oxygens (including phenoxy) is 1. The van der Waals surface area contributed by atoms with Gasteiger partial charge in [-0.05, 0) is 0 Å². The summed E-state index contributed by atoms with van der Waals surface area (Å²) in [4.78, 5) is 16.5. The summed E-state index contributed by atoms with van der Waals surface area (Å²) in [5.41, 5.74) is 0. The number of carbonyl (C=O) groups is 1. The van der Waals surface area contributed by atoms with Crippen LogP contribution in [0.2, 0.25) is 0 Å². The van der Waals surface area contributed by atoms with E-state index in [0.29, 0.717) is 6.61 Å². The van der Waals surface area contributed by atoms with E-state index in [2.05, 4.69) is 20.4 Å². The minimum atomic E-state index is -0.119. The van der Waals surface area contributed by atoms with Crippen LogP contribution < -0.4 is 10.6 Å². The highest BCUT2D eigenvalue weighted by atomic mass is 16.5. The van der Waals surface area contributed by atoms with Gasteiger partial charge >= 0.3 is 0 Å². The number of hydrogen-bond donors (Lipinski definition) is 2. The summed E-state index contributed by atoms with van der Waals surface area (Å²) in [5.74, 6) is 0.0648. The zero-order valence-electron chi connectivity index (χ0n) is 11.2. The third-order valence-electron chi connectivity index (χ3n) is 3.70. The molecule has 2 fully saturated rings. The van der Waals surface area contributed by atoms with Gasteiger partial charge in [-0.1, -0.05) is 0 Å². The van der Waals surface area contributed by atoms with Gasteiger partial charge in [0, 0.05) is 52.9 Å². The first-order valence-electron chi connectivity index (χ1n) is 6.77. The lowest BCUT2D eigenvalue weighted by Gasteiger charge is -2.36. The number of carbonyl (C=O) groups excluding carboxylic acids is 1. The molecule has 0 bridgehead atoms. The van der Waals surface area contributed by atoms with E-state index < -0.39 is 0 Å². The van der Waals surface area contributed by atoms with Crippen LogP contribution in [0.25, 0.3) is 0 Å². The fraction of sp³-hybridized carbons (Fsp3) is 0.917. The van der Waals surface area contributed by atoms with Crippen LogP contribution in [-0.2, 0) is 9.53 Å². The molecule has 2 rings (SSSR count). The zero-order valence-corrected chi connectivity index (χ0v) is 11.2. The summed E-state index contributed by atoms with van der Waals surface area (Å²) in [5, 5.41) is 6.07. The first kappa shape index (κ1) is 13.7. The van der Waals surface area contributed by atoms with Crippen molar-refractivity contribution < 1.29 is 9.53 Å². The molecule has 0 aliphatic carbocycles. The Labute approximate surface area is 109 Å². The Bertz CT molecular complexity index is 269. The number of hydrogen-bond acceptors (Lipinski definition) is 5. The second-order valence-electron chi connectivity index (χ2n) is 4.83. The van der Waals surface area contributed by atoms with E-state index in [9.17, 15) is 4.79 Å². The van der Waals surface area contributed by atoms with Crippen LogP contribution in [0.1, 0.15) is 0 Å². The van der Waals surface area contributed by atoms with Crippen molar-refractivity contribution in [3.63, 3.8) is 0 Å². The van der Waals surface area contributed by atoms with Crippen LogP contribution in [0, 0.1) is 0 Å². The Kier molecular flexibility index (Phi) is 5.37. The normalized spacial score (nSPS) is 27.1. The second kappa shape index (κ2) is 7.04. The fourth-order valence-corrected chi connectivity index (χ4v) is 2.52. The van der Waals surface area contributed by atoms with Gasteiger partial charge in [0.05, 0.1) is 13.2 Å². The van der Waals surface area contributed by atoms with E-state index in [1.165, 1.54) is 0 Å². The average molecular weight is 256 g/mol. The molecule has 2 aliphatic heterocycles. The third-order valence-corrected chi connectivity index (χ3v) is 3.70. The fourth-order valence-electron chi connectivity index (χ4n) is 2.52. The van der Waals surface area contributed by atoms with E-state index in [1.54, 1.807) is 7.05 Å². The van der Waals surface area contributed by atoms with E-state index in [-0.39, 0.29) is 11.9 Å². The second-order valence-corrected chi connectivity index (χ2v) is 4.83. The molecule has 18 heavy (non-hydrogen) atoms. The zero-order chi connectivity index (χ0) is 12.8. The van der Waals surface area contributed by atoms with Crippen molar-refractivity contribution in [2.45, 2.75) is 6.04 Å². The van der Waals surface area contributed by atoms with Crippen LogP contribution in [0.4, 0.5) is 0 Å². The van der Waals surface area contributed by atoms with Crippen molar-refractivity contribution in [3.05, 3.63) is 0 Å². The molecule has 0 radical (unpaired) electrons. The summed E-state index contributed by atoms with van der Waals surface area (Å²) in [6.45, 7) is 8.44. The van der Waals surface area contributed by atoms with E-state index in [4.69, 9.17) is 4.74 Å². The van der Waals surface area contributed by atoms with Crippen LogP contribution in [0.5, 0.6) is 0 Å². The third kappa shape index (κ3) is 3.65. The molecule has 6 heteroatoms. The number of amides is 1. The van der Waals surface area contributed by atoms with E-state index in [0.717, 1.165) is 52.4 Å². The molecule has 2 N–H and O–H groups in total. The molecule has 2 aliphatic rings. The molecule has 0 aromatic heterocycles. The molecule has 0 aromatic carbocycles. The molecule has 1 unspecified atom stereocenters. The average Bonchev–Trinajstić information content (AvgIpc) is 2.45. The highest BCUT2D eigenvalue weighted by molar-refractivity contribution is 5.81. The number of likely N-dealkylation sites (N-methyl/N-ethyl adjacent to an activating group) is 1. The molecule has 2 heterocycles. The maximum atomic E-state index is 11.8. The van der Waals surface area contributed by atoms with Gasteiger partial charge in [0.25, 0.3) is 0 Å². The number of morpholine rings is 1. The van der Waals surface area contributed by atoms with Crippen molar-refractivity contribution in [1.82, 2.24) is 20.4 Å². The number of nitrogens with zero attached hydrogens (tertiary/aromatic N) is 2. The Balaban J connectivity index is 1.79. The van der Waals surface area contributed by atoms with E-state index >= 15 is 0 Å². The first-order chi connectivity index (χ1) is 8.81. The van der Waals surface area contributed by atoms with Crippen molar-refractivity contribution in [2.24, 2.45) is 0 Å². The molecule has 2 saturated heterocycles. The molecule has 1 amide bonds. The number of rotatable bonds is 4. The van der Waals surface area contributed by atoms with Gasteiger partial charge in [-0.25, -0.2) is 0 Å². The minimum Gasteiger partial charge on any atom is -0.378 e. The van der Waals surface area contributed by atoms with Crippen LogP contribution >= 0.6 is 0 Å². The maximum absolute atomic E-state index is 11.8. The highest BCUT2D eigenvalue weighted by Gasteiger charge is 2.28. The van der Waals surface area contributed by atoms with Gasteiger partial charge in [-0.2, -0.15) is 0 Å². The number of piperazine rings is 1. The summed E-state index contributed by atoms with van der Waals surface area (Å²) in [6, 6.07) is -0.119. The Hall–Kier alpha value is -0.690. The summed E-state index contributed by atoms with van der Waals surface area (Å²) >= 11 is 0. The van der Waals surface area contributed by atoms with Crippen molar-refractivity contribution in [2.75, 3.05) is 66.1 Å². The largest absolute Gasteiger partial charge is 0.378 e. The number of nitrogens with one attached hydrogen (secondary N) is 2. The Morgan fingerprint density at radius 3 is 2.83 bits per heavy atom. The quantitative estimate of drug-likeness (QED) is 0.630. The van der Waals surface area contributed by atoms with Crippen LogP contribution in [-0.4, -0.2) is 87.8 Å². The SMILES string of the molecule is CNC(=O)C1COCCN1CCN1CCNCC1. The molecule has 104 valence electrons.